The van der Waals surface area contributed by atoms with Crippen molar-refractivity contribution in [2.45, 2.75) is 38.5 Å². The molecule has 8 heteroatoms. The molecular formula is C25H28FN3O4. The number of aromatic nitrogens is 2. The van der Waals surface area contributed by atoms with Gasteiger partial charge in [-0.15, -0.1) is 0 Å². The monoisotopic (exact) mass is 453 g/mol. The van der Waals surface area contributed by atoms with Crippen LogP contribution in [0.5, 0.6) is 0 Å². The quantitative estimate of drug-likeness (QED) is 0.458. The van der Waals surface area contributed by atoms with E-state index >= 15 is 0 Å². The first-order valence-electron chi connectivity index (χ1n) is 11.2. The molecular weight excluding hydrogens is 425 g/mol. The van der Waals surface area contributed by atoms with Crippen molar-refractivity contribution in [2.75, 3.05) is 13.2 Å². The number of allylic oxidation sites excluding steroid dienone is 1. The molecule has 33 heavy (non-hydrogen) atoms. The van der Waals surface area contributed by atoms with Crippen molar-refractivity contribution in [2.24, 2.45) is 5.92 Å². The highest BCUT2D eigenvalue weighted by atomic mass is 19.1. The molecule has 0 bridgehead atoms. The van der Waals surface area contributed by atoms with Crippen LogP contribution < -0.4 is 5.32 Å². The maximum absolute atomic E-state index is 13.5. The zero-order valence-electron chi connectivity index (χ0n) is 18.5. The summed E-state index contributed by atoms with van der Waals surface area (Å²) in [4.78, 5) is 20.6. The molecule has 0 unspecified atom stereocenters. The number of halogens is 1. The normalized spacial score (nSPS) is 20.3. The molecule has 1 aliphatic rings. The van der Waals surface area contributed by atoms with E-state index in [0.29, 0.717) is 25.3 Å². The number of aliphatic hydroxyl groups is 1. The van der Waals surface area contributed by atoms with Gasteiger partial charge < -0.3 is 24.9 Å². The lowest BCUT2D eigenvalue weighted by Gasteiger charge is -2.37. The molecule has 0 saturated heterocycles. The molecule has 0 saturated carbocycles. The molecule has 2 heterocycles. The third-order valence-electron chi connectivity index (χ3n) is 5.74. The van der Waals surface area contributed by atoms with Gasteiger partial charge in [0, 0.05) is 25.0 Å². The Kier molecular flexibility index (Phi) is 7.36. The van der Waals surface area contributed by atoms with Gasteiger partial charge in [0.15, 0.2) is 5.76 Å². The van der Waals surface area contributed by atoms with Gasteiger partial charge in [-0.25, -0.2) is 9.37 Å². The van der Waals surface area contributed by atoms with Crippen molar-refractivity contribution < 1.29 is 23.8 Å². The second-order valence-corrected chi connectivity index (χ2v) is 7.96. The second-order valence-electron chi connectivity index (χ2n) is 7.96. The van der Waals surface area contributed by atoms with Crippen LogP contribution in [0.2, 0.25) is 0 Å². The first kappa shape index (κ1) is 22.9. The summed E-state index contributed by atoms with van der Waals surface area (Å²) in [7, 11) is 0. The zero-order chi connectivity index (χ0) is 23.2. The molecule has 2 aromatic carbocycles. The maximum Gasteiger partial charge on any atom is 0.286 e. The number of para-hydroxylation sites is 2. The van der Waals surface area contributed by atoms with E-state index in [-0.39, 0.29) is 42.5 Å². The number of carbonyl (C=O) groups excluding carboxylic acids is 1. The van der Waals surface area contributed by atoms with Crippen LogP contribution in [0, 0.1) is 11.7 Å². The van der Waals surface area contributed by atoms with Crippen LogP contribution >= 0.6 is 0 Å². The lowest BCUT2D eigenvalue weighted by atomic mass is 9.80. The van der Waals surface area contributed by atoms with Gasteiger partial charge >= 0.3 is 0 Å². The first-order valence-corrected chi connectivity index (χ1v) is 11.2. The molecule has 1 aromatic heterocycles. The summed E-state index contributed by atoms with van der Waals surface area (Å²) in [6, 6.07) is 13.9. The highest BCUT2D eigenvalue weighted by Crippen LogP contribution is 2.39. The van der Waals surface area contributed by atoms with Crippen molar-refractivity contribution in [1.29, 1.82) is 0 Å². The van der Waals surface area contributed by atoms with Gasteiger partial charge in [0.25, 0.3) is 5.91 Å². The highest BCUT2D eigenvalue weighted by molar-refractivity contribution is 5.91. The second kappa shape index (κ2) is 10.6. The number of ether oxygens (including phenoxy) is 2. The number of benzene rings is 2. The number of amides is 1. The minimum absolute atomic E-state index is 0.0417. The third-order valence-corrected chi connectivity index (χ3v) is 5.74. The number of aromatic amines is 1. The summed E-state index contributed by atoms with van der Waals surface area (Å²) >= 11 is 0. The van der Waals surface area contributed by atoms with Crippen LogP contribution in [0.15, 0.2) is 60.4 Å². The van der Waals surface area contributed by atoms with Crippen LogP contribution in [-0.2, 0) is 20.8 Å². The minimum Gasteiger partial charge on any atom is -0.459 e. The van der Waals surface area contributed by atoms with Gasteiger partial charge in [-0.05, 0) is 55.7 Å². The molecule has 174 valence electrons. The molecule has 3 N–H and O–H groups in total. The molecule has 0 radical (unpaired) electrons. The average molecular weight is 454 g/mol. The fourth-order valence-corrected chi connectivity index (χ4v) is 4.17. The molecule has 0 fully saturated rings. The fraction of sp³-hybridized carbons (Fsp3) is 0.360. The Labute approximate surface area is 191 Å². The topological polar surface area (TPSA) is 96.5 Å². The summed E-state index contributed by atoms with van der Waals surface area (Å²) < 4.78 is 25.3. The Morgan fingerprint density at radius 2 is 2.03 bits per heavy atom. The number of nitrogens with zero attached hydrogens (tertiary/aromatic N) is 1. The molecule has 0 aliphatic carbocycles. The highest BCUT2D eigenvalue weighted by Gasteiger charge is 2.37. The summed E-state index contributed by atoms with van der Waals surface area (Å²) in [5, 5.41) is 12.2. The number of nitrogens with one attached hydrogen (secondary N) is 2. The van der Waals surface area contributed by atoms with Gasteiger partial charge in [-0.1, -0.05) is 24.3 Å². The largest absolute Gasteiger partial charge is 0.459 e. The standard InChI is InChI=1S/C25H28FN3O4/c1-2-32-25-18(6-5-13-30)19(16-9-11-17(26)12-10-16)14-22(33-25)24(31)27-15-23-28-20-7-3-4-8-21(20)29-23/h3-4,7-12,14,18-19,25,30H,2,5-6,13,15H2,1H3,(H,27,31)(H,28,29)/t18-,19+,25+/m0/s1. The number of aliphatic hydroxyl groups excluding tert-OH is 1. The molecule has 0 spiro atoms. The number of fused-ring (bicyclic) bond motifs is 1. The lowest BCUT2D eigenvalue weighted by Crippen LogP contribution is -2.39. The Morgan fingerprint density at radius 3 is 2.76 bits per heavy atom. The van der Waals surface area contributed by atoms with Crippen molar-refractivity contribution in [3.8, 4) is 0 Å². The van der Waals surface area contributed by atoms with Gasteiger partial charge in [0.2, 0.25) is 6.29 Å². The smallest absolute Gasteiger partial charge is 0.286 e. The fourth-order valence-electron chi connectivity index (χ4n) is 4.17. The Morgan fingerprint density at radius 1 is 1.24 bits per heavy atom. The van der Waals surface area contributed by atoms with E-state index in [0.717, 1.165) is 16.6 Å². The van der Waals surface area contributed by atoms with Crippen LogP contribution in [0.4, 0.5) is 4.39 Å². The van der Waals surface area contributed by atoms with Gasteiger partial charge in [0.1, 0.15) is 11.6 Å². The van der Waals surface area contributed by atoms with E-state index in [2.05, 4.69) is 15.3 Å². The third kappa shape index (κ3) is 5.40. The van der Waals surface area contributed by atoms with Crippen LogP contribution in [-0.4, -0.2) is 40.5 Å². The van der Waals surface area contributed by atoms with Gasteiger partial charge in [-0.2, -0.15) is 0 Å². The Bertz CT molecular complexity index is 1080. The van der Waals surface area contributed by atoms with E-state index in [1.165, 1.54) is 12.1 Å². The minimum atomic E-state index is -0.659. The lowest BCUT2D eigenvalue weighted by molar-refractivity contribution is -0.166. The van der Waals surface area contributed by atoms with Gasteiger partial charge in [-0.3, -0.25) is 4.79 Å². The number of hydrogen-bond acceptors (Lipinski definition) is 5. The van der Waals surface area contributed by atoms with Gasteiger partial charge in [0.05, 0.1) is 17.6 Å². The zero-order valence-corrected chi connectivity index (χ0v) is 18.5. The van der Waals surface area contributed by atoms with Crippen LogP contribution in [0.1, 0.15) is 37.1 Å². The Balaban J connectivity index is 1.56. The SMILES string of the molecule is CCO[C@@H]1OC(C(=O)NCc2nc3ccccc3[nH]2)=C[C@H](c2ccc(F)cc2)[C@@H]1CCCO. The van der Waals surface area contributed by atoms with Crippen LogP contribution in [0.25, 0.3) is 11.0 Å². The molecule has 3 aromatic rings. The number of H-pyrrole nitrogens is 1. The number of imidazole rings is 1. The number of rotatable bonds is 9. The summed E-state index contributed by atoms with van der Waals surface area (Å²) in [5.74, 6) is -0.277. The molecule has 1 amide bonds. The van der Waals surface area contributed by atoms with E-state index in [9.17, 15) is 14.3 Å². The van der Waals surface area contributed by atoms with Crippen molar-refractivity contribution in [3.63, 3.8) is 0 Å². The van der Waals surface area contributed by atoms with Crippen molar-refractivity contribution >= 4 is 16.9 Å². The van der Waals surface area contributed by atoms with E-state index in [1.807, 2.05) is 31.2 Å². The molecule has 4 rings (SSSR count). The average Bonchev–Trinajstić information content (AvgIpc) is 3.25. The van der Waals surface area contributed by atoms with Crippen molar-refractivity contribution in [1.82, 2.24) is 15.3 Å². The molecule has 3 atom stereocenters. The number of hydrogen-bond donors (Lipinski definition) is 3. The van der Waals surface area contributed by atoms with E-state index in [1.54, 1.807) is 18.2 Å². The molecule has 1 aliphatic heterocycles. The summed E-state index contributed by atoms with van der Waals surface area (Å²) in [6.45, 7) is 2.52. The first-order chi connectivity index (χ1) is 16.1. The Hall–Kier alpha value is -3.23. The summed E-state index contributed by atoms with van der Waals surface area (Å²) in [5.41, 5.74) is 2.58. The summed E-state index contributed by atoms with van der Waals surface area (Å²) in [6.07, 6.45) is 2.30. The van der Waals surface area contributed by atoms with Crippen LogP contribution in [0.3, 0.4) is 0 Å². The molecule has 7 nitrogen and oxygen atoms in total. The van der Waals surface area contributed by atoms with E-state index in [4.69, 9.17) is 9.47 Å². The predicted octanol–water partition coefficient (Wildman–Crippen LogP) is 3.77. The van der Waals surface area contributed by atoms with Crippen molar-refractivity contribution in [3.05, 3.63) is 77.6 Å². The maximum atomic E-state index is 13.5. The predicted molar refractivity (Wildman–Crippen MR) is 121 cm³/mol. The number of carbonyl (C=O) groups is 1. The van der Waals surface area contributed by atoms with E-state index < -0.39 is 6.29 Å².